The molecule has 1 aromatic carbocycles. The van der Waals surface area contributed by atoms with Gasteiger partial charge in [-0.15, -0.1) is 0 Å². The van der Waals surface area contributed by atoms with Gasteiger partial charge < -0.3 is 4.98 Å². The number of H-pyrrole nitrogens is 1. The Bertz CT molecular complexity index is 708. The van der Waals surface area contributed by atoms with Crippen LogP contribution in [0.2, 0.25) is 0 Å². The Kier molecular flexibility index (Phi) is 2.58. The van der Waals surface area contributed by atoms with Crippen LogP contribution in [-0.4, -0.2) is 9.97 Å². The number of aromatic amines is 1. The first-order chi connectivity index (χ1) is 8.66. The number of fused-ring (bicyclic) bond motifs is 3. The third-order valence-corrected chi connectivity index (χ3v) is 3.43. The van der Waals surface area contributed by atoms with E-state index in [9.17, 15) is 0 Å². The van der Waals surface area contributed by atoms with Gasteiger partial charge in [-0.2, -0.15) is 0 Å². The highest BCUT2D eigenvalue weighted by Crippen LogP contribution is 2.30. The molecule has 0 radical (unpaired) electrons. The molecule has 92 valence electrons. The van der Waals surface area contributed by atoms with E-state index in [0.29, 0.717) is 5.92 Å². The van der Waals surface area contributed by atoms with Crippen LogP contribution in [0.15, 0.2) is 30.5 Å². The molecule has 18 heavy (non-hydrogen) atoms. The van der Waals surface area contributed by atoms with E-state index in [-0.39, 0.29) is 0 Å². The van der Waals surface area contributed by atoms with E-state index in [2.05, 4.69) is 55.0 Å². The van der Waals surface area contributed by atoms with Gasteiger partial charge in [-0.3, -0.25) is 4.98 Å². The molecule has 0 saturated heterocycles. The van der Waals surface area contributed by atoms with Crippen molar-refractivity contribution in [3.8, 4) is 0 Å². The topological polar surface area (TPSA) is 28.7 Å². The summed E-state index contributed by atoms with van der Waals surface area (Å²) >= 11 is 0. The lowest BCUT2D eigenvalue weighted by atomic mass is 9.99. The number of aryl methyl sites for hydroxylation is 1. The molecule has 2 nitrogen and oxygen atoms in total. The van der Waals surface area contributed by atoms with E-state index in [1.807, 2.05) is 6.20 Å². The zero-order valence-electron chi connectivity index (χ0n) is 11.1. The molecule has 3 aromatic rings. The maximum Gasteiger partial charge on any atom is 0.0683 e. The molecule has 0 aliphatic heterocycles. The van der Waals surface area contributed by atoms with Crippen LogP contribution in [0, 0.1) is 12.8 Å². The number of benzene rings is 1. The van der Waals surface area contributed by atoms with Gasteiger partial charge >= 0.3 is 0 Å². The molecule has 0 aliphatic carbocycles. The van der Waals surface area contributed by atoms with E-state index in [1.54, 1.807) is 0 Å². The van der Waals surface area contributed by atoms with Crippen molar-refractivity contribution in [3.05, 3.63) is 41.7 Å². The zero-order valence-corrected chi connectivity index (χ0v) is 11.1. The van der Waals surface area contributed by atoms with Crippen molar-refractivity contribution in [3.63, 3.8) is 0 Å². The number of para-hydroxylation sites is 1. The lowest BCUT2D eigenvalue weighted by Gasteiger charge is -2.07. The summed E-state index contributed by atoms with van der Waals surface area (Å²) in [7, 11) is 0. The van der Waals surface area contributed by atoms with E-state index in [4.69, 9.17) is 0 Å². The Hall–Kier alpha value is -1.83. The first-order valence-electron chi connectivity index (χ1n) is 6.51. The van der Waals surface area contributed by atoms with Crippen molar-refractivity contribution in [2.75, 3.05) is 0 Å². The zero-order chi connectivity index (χ0) is 12.7. The van der Waals surface area contributed by atoms with Crippen LogP contribution in [0.25, 0.3) is 21.8 Å². The molecule has 0 unspecified atom stereocenters. The molecule has 3 rings (SSSR count). The lowest BCUT2D eigenvalue weighted by Crippen LogP contribution is -1.97. The average molecular weight is 238 g/mol. The van der Waals surface area contributed by atoms with Gasteiger partial charge in [0.15, 0.2) is 0 Å². The predicted molar refractivity (Wildman–Crippen MR) is 76.9 cm³/mol. The number of rotatable bonds is 2. The summed E-state index contributed by atoms with van der Waals surface area (Å²) in [6.07, 6.45) is 3.11. The van der Waals surface area contributed by atoms with Crippen molar-refractivity contribution in [1.29, 1.82) is 0 Å². The molecule has 2 heterocycles. The normalized spacial score (nSPS) is 11.8. The molecular formula is C16H18N2. The molecule has 1 N–H and O–H groups in total. The SMILES string of the molecule is Cc1ncc(CC(C)C)c2c1[nH]c1ccccc12. The third-order valence-electron chi connectivity index (χ3n) is 3.43. The molecule has 0 amide bonds. The standard InChI is InChI=1S/C16H18N2/c1-10(2)8-12-9-17-11(3)16-15(12)13-6-4-5-7-14(13)18-16/h4-7,9-10,18H,8H2,1-3H3. The van der Waals surface area contributed by atoms with E-state index >= 15 is 0 Å². The molecule has 0 atom stereocenters. The first kappa shape index (κ1) is 11.3. The molecule has 0 bridgehead atoms. The third kappa shape index (κ3) is 1.69. The van der Waals surface area contributed by atoms with Crippen LogP contribution in [0.1, 0.15) is 25.1 Å². The first-order valence-corrected chi connectivity index (χ1v) is 6.51. The van der Waals surface area contributed by atoms with Crippen LogP contribution in [-0.2, 0) is 6.42 Å². The van der Waals surface area contributed by atoms with Gasteiger partial charge in [0.05, 0.1) is 11.2 Å². The van der Waals surface area contributed by atoms with E-state index in [0.717, 1.165) is 12.1 Å². The largest absolute Gasteiger partial charge is 0.353 e. The summed E-state index contributed by atoms with van der Waals surface area (Å²) < 4.78 is 0. The Morgan fingerprint density at radius 2 is 2.00 bits per heavy atom. The lowest BCUT2D eigenvalue weighted by molar-refractivity contribution is 0.649. The molecule has 0 aliphatic rings. The van der Waals surface area contributed by atoms with Gasteiger partial charge in [0, 0.05) is 22.5 Å². The minimum Gasteiger partial charge on any atom is -0.353 e. The Morgan fingerprint density at radius 3 is 2.78 bits per heavy atom. The van der Waals surface area contributed by atoms with Crippen LogP contribution in [0.5, 0.6) is 0 Å². The quantitative estimate of drug-likeness (QED) is 0.711. The second-order valence-corrected chi connectivity index (χ2v) is 5.39. The summed E-state index contributed by atoms with van der Waals surface area (Å²) in [5, 5.41) is 2.67. The molecule has 0 fully saturated rings. The maximum atomic E-state index is 4.52. The second kappa shape index (κ2) is 4.13. The highest BCUT2D eigenvalue weighted by molar-refractivity contribution is 6.09. The van der Waals surface area contributed by atoms with Crippen LogP contribution in [0.4, 0.5) is 0 Å². The van der Waals surface area contributed by atoms with Gasteiger partial charge in [-0.05, 0) is 30.9 Å². The fourth-order valence-electron chi connectivity index (χ4n) is 2.65. The van der Waals surface area contributed by atoms with Crippen molar-refractivity contribution >= 4 is 21.8 Å². The summed E-state index contributed by atoms with van der Waals surface area (Å²) in [5.74, 6) is 0.645. The van der Waals surface area contributed by atoms with Crippen molar-refractivity contribution in [1.82, 2.24) is 9.97 Å². The molecule has 0 saturated carbocycles. The van der Waals surface area contributed by atoms with Gasteiger partial charge in [-0.25, -0.2) is 0 Å². The molecule has 2 aromatic heterocycles. The molecular weight excluding hydrogens is 220 g/mol. The van der Waals surface area contributed by atoms with Crippen molar-refractivity contribution < 1.29 is 0 Å². The fraction of sp³-hybridized carbons (Fsp3) is 0.312. The Morgan fingerprint density at radius 1 is 1.22 bits per heavy atom. The maximum absolute atomic E-state index is 4.52. The summed E-state index contributed by atoms with van der Waals surface area (Å²) in [5.41, 5.74) is 4.82. The Labute approximate surface area is 107 Å². The van der Waals surface area contributed by atoms with Crippen LogP contribution >= 0.6 is 0 Å². The van der Waals surface area contributed by atoms with Gasteiger partial charge in [0.2, 0.25) is 0 Å². The van der Waals surface area contributed by atoms with Crippen LogP contribution in [0.3, 0.4) is 0 Å². The molecule has 2 heteroatoms. The number of nitrogens with one attached hydrogen (secondary N) is 1. The summed E-state index contributed by atoms with van der Waals surface area (Å²) in [6, 6.07) is 8.50. The summed E-state index contributed by atoms with van der Waals surface area (Å²) in [4.78, 5) is 8.02. The highest BCUT2D eigenvalue weighted by Gasteiger charge is 2.12. The fourth-order valence-corrected chi connectivity index (χ4v) is 2.65. The minimum absolute atomic E-state index is 0.645. The van der Waals surface area contributed by atoms with Gasteiger partial charge in [-0.1, -0.05) is 32.0 Å². The average Bonchev–Trinajstić information content (AvgIpc) is 2.73. The Balaban J connectivity index is 2.40. The number of hydrogen-bond donors (Lipinski definition) is 1. The number of hydrogen-bond acceptors (Lipinski definition) is 1. The second-order valence-electron chi connectivity index (χ2n) is 5.39. The number of pyridine rings is 1. The number of aromatic nitrogens is 2. The smallest absolute Gasteiger partial charge is 0.0683 e. The highest BCUT2D eigenvalue weighted by atomic mass is 14.8. The van der Waals surface area contributed by atoms with Crippen LogP contribution < -0.4 is 0 Å². The number of nitrogens with zero attached hydrogens (tertiary/aromatic N) is 1. The monoisotopic (exact) mass is 238 g/mol. The minimum atomic E-state index is 0.645. The van der Waals surface area contributed by atoms with Gasteiger partial charge in [0.25, 0.3) is 0 Å². The van der Waals surface area contributed by atoms with Crippen molar-refractivity contribution in [2.24, 2.45) is 5.92 Å². The van der Waals surface area contributed by atoms with Gasteiger partial charge in [0.1, 0.15) is 0 Å². The predicted octanol–water partition coefficient (Wildman–Crippen LogP) is 4.22. The van der Waals surface area contributed by atoms with E-state index < -0.39 is 0 Å². The van der Waals surface area contributed by atoms with Crippen molar-refractivity contribution in [2.45, 2.75) is 27.2 Å². The van der Waals surface area contributed by atoms with E-state index in [1.165, 1.54) is 27.4 Å². The molecule has 0 spiro atoms. The summed E-state index contributed by atoms with van der Waals surface area (Å²) in [6.45, 7) is 6.57.